The Morgan fingerprint density at radius 3 is 2.69 bits per heavy atom. The molecule has 1 rings (SSSR count). The van der Waals surface area contributed by atoms with Crippen molar-refractivity contribution < 1.29 is 9.63 Å². The Labute approximate surface area is 98.1 Å². The highest BCUT2D eigenvalue weighted by Gasteiger charge is 2.21. The van der Waals surface area contributed by atoms with Crippen molar-refractivity contribution in [2.45, 2.75) is 39.5 Å². The Hall–Kier alpha value is -0.610. The van der Waals surface area contributed by atoms with Crippen LogP contribution in [0.2, 0.25) is 0 Å². The zero-order valence-corrected chi connectivity index (χ0v) is 10.4. The van der Waals surface area contributed by atoms with Crippen LogP contribution < -0.4 is 5.73 Å². The Balaban J connectivity index is 2.27. The molecule has 0 bridgehead atoms. The molecule has 1 unspecified atom stereocenters. The van der Waals surface area contributed by atoms with Gasteiger partial charge >= 0.3 is 0 Å². The van der Waals surface area contributed by atoms with Crippen molar-refractivity contribution in [3.63, 3.8) is 0 Å². The molecule has 2 N–H and O–H groups in total. The van der Waals surface area contributed by atoms with Crippen molar-refractivity contribution in [1.29, 1.82) is 0 Å². The molecule has 0 radical (unpaired) electrons. The second-order valence-corrected chi connectivity index (χ2v) is 4.80. The van der Waals surface area contributed by atoms with Crippen LogP contribution in [0, 0.1) is 11.8 Å². The minimum Gasteiger partial charge on any atom is -0.330 e. The molecule has 1 saturated heterocycles. The van der Waals surface area contributed by atoms with E-state index in [4.69, 9.17) is 10.6 Å². The molecule has 0 spiro atoms. The summed E-state index contributed by atoms with van der Waals surface area (Å²) in [6.07, 6.45) is 3.48. The molecule has 4 nitrogen and oxygen atoms in total. The molecule has 0 aromatic rings. The molecule has 0 aromatic carbocycles. The fourth-order valence-electron chi connectivity index (χ4n) is 2.10. The van der Waals surface area contributed by atoms with E-state index in [1.807, 2.05) is 0 Å². The number of hydrogen-bond acceptors (Lipinski definition) is 3. The number of carbonyl (C=O) groups is 1. The lowest BCUT2D eigenvalue weighted by Crippen LogP contribution is -2.27. The summed E-state index contributed by atoms with van der Waals surface area (Å²) in [4.78, 5) is 17.0. The van der Waals surface area contributed by atoms with Crippen LogP contribution in [0.3, 0.4) is 0 Å². The van der Waals surface area contributed by atoms with Gasteiger partial charge in [0, 0.05) is 6.42 Å². The average molecular weight is 228 g/mol. The van der Waals surface area contributed by atoms with E-state index in [9.17, 15) is 4.79 Å². The number of amides is 1. The predicted molar refractivity (Wildman–Crippen MR) is 63.5 cm³/mol. The van der Waals surface area contributed by atoms with Crippen LogP contribution in [0.1, 0.15) is 39.5 Å². The van der Waals surface area contributed by atoms with Crippen LogP contribution >= 0.6 is 0 Å². The van der Waals surface area contributed by atoms with Gasteiger partial charge in [-0.15, -0.1) is 0 Å². The first-order chi connectivity index (χ1) is 7.65. The minimum atomic E-state index is 0.125. The Morgan fingerprint density at radius 2 is 2.19 bits per heavy atom. The van der Waals surface area contributed by atoms with Gasteiger partial charge in [0.05, 0.1) is 13.2 Å². The zero-order valence-electron chi connectivity index (χ0n) is 10.4. The highest BCUT2D eigenvalue weighted by molar-refractivity contribution is 5.75. The van der Waals surface area contributed by atoms with Crippen molar-refractivity contribution in [2.24, 2.45) is 17.6 Å². The number of nitrogens with two attached hydrogens (primary N) is 1. The van der Waals surface area contributed by atoms with Gasteiger partial charge in [0.1, 0.15) is 0 Å². The fourth-order valence-corrected chi connectivity index (χ4v) is 2.10. The van der Waals surface area contributed by atoms with E-state index in [2.05, 4.69) is 13.8 Å². The molecule has 1 atom stereocenters. The highest BCUT2D eigenvalue weighted by atomic mass is 16.7. The molecular weight excluding hydrogens is 204 g/mol. The molecule has 1 amide bonds. The molecule has 16 heavy (non-hydrogen) atoms. The van der Waals surface area contributed by atoms with Crippen molar-refractivity contribution in [1.82, 2.24) is 5.06 Å². The Kier molecular flexibility index (Phi) is 5.77. The largest absolute Gasteiger partial charge is 0.330 e. The maximum Gasteiger partial charge on any atom is 0.246 e. The van der Waals surface area contributed by atoms with Crippen LogP contribution in [0.25, 0.3) is 0 Å². The molecule has 1 aliphatic rings. The van der Waals surface area contributed by atoms with Crippen LogP contribution in [0.15, 0.2) is 0 Å². The molecule has 94 valence electrons. The van der Waals surface area contributed by atoms with Crippen LogP contribution in [-0.2, 0) is 9.63 Å². The van der Waals surface area contributed by atoms with Crippen LogP contribution in [0.5, 0.6) is 0 Å². The van der Waals surface area contributed by atoms with E-state index in [0.717, 1.165) is 25.8 Å². The second-order valence-electron chi connectivity index (χ2n) is 4.80. The number of carbonyl (C=O) groups excluding carboxylic acids is 1. The third kappa shape index (κ3) is 4.10. The van der Waals surface area contributed by atoms with Crippen LogP contribution in [0.4, 0.5) is 0 Å². The summed E-state index contributed by atoms with van der Waals surface area (Å²) in [6.45, 7) is 6.52. The van der Waals surface area contributed by atoms with Gasteiger partial charge in [-0.1, -0.05) is 13.8 Å². The molecule has 0 aliphatic carbocycles. The summed E-state index contributed by atoms with van der Waals surface area (Å²) in [7, 11) is 0. The molecule has 4 heteroatoms. The van der Waals surface area contributed by atoms with Gasteiger partial charge in [-0.05, 0) is 37.6 Å². The first kappa shape index (κ1) is 13.5. The first-order valence-corrected chi connectivity index (χ1v) is 6.28. The Morgan fingerprint density at radius 1 is 1.44 bits per heavy atom. The van der Waals surface area contributed by atoms with Crippen molar-refractivity contribution in [3.05, 3.63) is 0 Å². The van der Waals surface area contributed by atoms with Crippen LogP contribution in [-0.4, -0.2) is 30.7 Å². The number of nitrogens with zero attached hydrogens (tertiary/aromatic N) is 1. The normalized spacial score (nSPS) is 18.1. The quantitative estimate of drug-likeness (QED) is 0.750. The van der Waals surface area contributed by atoms with E-state index in [-0.39, 0.29) is 5.91 Å². The predicted octanol–water partition coefficient (Wildman–Crippen LogP) is 1.55. The van der Waals surface area contributed by atoms with E-state index in [1.54, 1.807) is 0 Å². The van der Waals surface area contributed by atoms with Crippen molar-refractivity contribution in [3.8, 4) is 0 Å². The molecular formula is C12H24N2O2. The summed E-state index contributed by atoms with van der Waals surface area (Å²) in [6, 6.07) is 0. The fraction of sp³-hybridized carbons (Fsp3) is 0.917. The summed E-state index contributed by atoms with van der Waals surface area (Å²) in [5, 5.41) is 1.51. The third-order valence-electron chi connectivity index (χ3n) is 3.24. The summed E-state index contributed by atoms with van der Waals surface area (Å²) >= 11 is 0. The first-order valence-electron chi connectivity index (χ1n) is 6.28. The minimum absolute atomic E-state index is 0.125. The van der Waals surface area contributed by atoms with Gasteiger partial charge in [0.25, 0.3) is 0 Å². The van der Waals surface area contributed by atoms with Gasteiger partial charge in [0.2, 0.25) is 5.91 Å². The second kappa shape index (κ2) is 6.86. The van der Waals surface area contributed by atoms with Gasteiger partial charge < -0.3 is 5.73 Å². The molecule has 1 fully saturated rings. The lowest BCUT2D eigenvalue weighted by Gasteiger charge is -2.21. The van der Waals surface area contributed by atoms with E-state index in [0.29, 0.717) is 31.4 Å². The van der Waals surface area contributed by atoms with Gasteiger partial charge in [-0.2, -0.15) is 0 Å². The Bertz CT molecular complexity index is 213. The third-order valence-corrected chi connectivity index (χ3v) is 3.24. The molecule has 0 aromatic heterocycles. The smallest absolute Gasteiger partial charge is 0.246 e. The topological polar surface area (TPSA) is 55.6 Å². The van der Waals surface area contributed by atoms with Gasteiger partial charge in [-0.25, -0.2) is 5.06 Å². The lowest BCUT2D eigenvalue weighted by atomic mass is 9.88. The zero-order chi connectivity index (χ0) is 12.0. The molecule has 0 saturated carbocycles. The summed E-state index contributed by atoms with van der Waals surface area (Å²) < 4.78 is 0. The lowest BCUT2D eigenvalue weighted by molar-refractivity contribution is -0.169. The van der Waals surface area contributed by atoms with Crippen molar-refractivity contribution >= 4 is 5.91 Å². The van der Waals surface area contributed by atoms with E-state index >= 15 is 0 Å². The molecule has 1 heterocycles. The van der Waals surface area contributed by atoms with Crippen molar-refractivity contribution in [2.75, 3.05) is 19.7 Å². The average Bonchev–Trinajstić information content (AvgIpc) is 2.76. The number of hydrogen-bond donors (Lipinski definition) is 1. The van der Waals surface area contributed by atoms with Gasteiger partial charge in [-0.3, -0.25) is 9.63 Å². The van der Waals surface area contributed by atoms with Gasteiger partial charge in [0.15, 0.2) is 0 Å². The SMILES string of the molecule is CC(C)C(CCN)CCC(=O)N1CCCO1. The number of rotatable bonds is 6. The maximum absolute atomic E-state index is 11.7. The standard InChI is InChI=1S/C12H24N2O2/c1-10(2)11(6-7-13)4-5-12(15)14-8-3-9-16-14/h10-11H,3-9,13H2,1-2H3. The maximum atomic E-state index is 11.7. The summed E-state index contributed by atoms with van der Waals surface area (Å²) in [5.74, 6) is 1.27. The monoisotopic (exact) mass is 228 g/mol. The van der Waals surface area contributed by atoms with E-state index < -0.39 is 0 Å². The highest BCUT2D eigenvalue weighted by Crippen LogP contribution is 2.21. The molecule has 1 aliphatic heterocycles. The number of hydroxylamine groups is 2. The summed E-state index contributed by atoms with van der Waals surface area (Å²) in [5.41, 5.74) is 5.58. The van der Waals surface area contributed by atoms with E-state index in [1.165, 1.54) is 5.06 Å².